The van der Waals surface area contributed by atoms with E-state index >= 15 is 0 Å². The minimum Gasteiger partial charge on any atom is -0.390 e. The SMILES string of the molecule is CN1CCN(C[C@H](O)CN2CCc3ccccc3C2)C(=O)c2ccc(N3CCNCC3)cc21. The Bertz CT molecular complexity index is 990. The van der Waals surface area contributed by atoms with Gasteiger partial charge in [0.05, 0.1) is 17.4 Å². The molecule has 1 atom stereocenters. The number of aliphatic hydroxyl groups excluding tert-OH is 1. The van der Waals surface area contributed by atoms with Gasteiger partial charge < -0.3 is 25.1 Å². The third kappa shape index (κ3) is 4.86. The average Bonchev–Trinajstić information content (AvgIpc) is 2.96. The number of nitrogens with one attached hydrogen (secondary N) is 1. The third-order valence-corrected chi connectivity index (χ3v) is 7.21. The highest BCUT2D eigenvalue weighted by Crippen LogP contribution is 2.30. The van der Waals surface area contributed by atoms with Crippen LogP contribution in [0.5, 0.6) is 0 Å². The van der Waals surface area contributed by atoms with E-state index in [9.17, 15) is 9.90 Å². The van der Waals surface area contributed by atoms with Crippen molar-refractivity contribution in [2.75, 3.05) is 75.8 Å². The first-order valence-electron chi connectivity index (χ1n) is 12.2. The first kappa shape index (κ1) is 22.2. The van der Waals surface area contributed by atoms with Crippen LogP contribution < -0.4 is 15.1 Å². The molecule has 7 heteroatoms. The molecule has 3 aliphatic heterocycles. The molecule has 0 aromatic heterocycles. The van der Waals surface area contributed by atoms with Crippen LogP contribution in [-0.4, -0.2) is 92.9 Å². The van der Waals surface area contributed by atoms with E-state index in [1.165, 1.54) is 16.8 Å². The summed E-state index contributed by atoms with van der Waals surface area (Å²) in [6.07, 6.45) is 0.449. The minimum absolute atomic E-state index is 0.0178. The van der Waals surface area contributed by atoms with Gasteiger partial charge in [0, 0.05) is 78.2 Å². The van der Waals surface area contributed by atoms with Gasteiger partial charge in [-0.2, -0.15) is 0 Å². The molecule has 0 unspecified atom stereocenters. The van der Waals surface area contributed by atoms with Crippen molar-refractivity contribution < 1.29 is 9.90 Å². The fourth-order valence-electron chi connectivity index (χ4n) is 5.29. The number of β-amino-alcohol motifs (C(OH)–C–C–N with tert-alkyl or cyclic N) is 1. The van der Waals surface area contributed by atoms with E-state index in [0.29, 0.717) is 19.6 Å². The molecule has 33 heavy (non-hydrogen) atoms. The molecule has 1 fully saturated rings. The Morgan fingerprint density at radius 2 is 1.76 bits per heavy atom. The lowest BCUT2D eigenvalue weighted by atomic mass is 10.00. The van der Waals surface area contributed by atoms with Gasteiger partial charge in [0.1, 0.15) is 0 Å². The van der Waals surface area contributed by atoms with Gasteiger partial charge in [-0.05, 0) is 35.7 Å². The van der Waals surface area contributed by atoms with Crippen LogP contribution in [0.3, 0.4) is 0 Å². The Kier molecular flexibility index (Phi) is 6.53. The normalized spacial score (nSPS) is 20.3. The van der Waals surface area contributed by atoms with Crippen LogP contribution in [0, 0.1) is 0 Å². The summed E-state index contributed by atoms with van der Waals surface area (Å²) < 4.78 is 0. The average molecular weight is 450 g/mol. The molecule has 1 amide bonds. The lowest BCUT2D eigenvalue weighted by Crippen LogP contribution is -2.44. The molecule has 0 bridgehead atoms. The topological polar surface area (TPSA) is 62.3 Å². The molecule has 2 aromatic carbocycles. The molecular formula is C26H35N5O2. The number of benzene rings is 2. The van der Waals surface area contributed by atoms with Gasteiger partial charge in [-0.3, -0.25) is 9.69 Å². The molecule has 3 aliphatic rings. The summed E-state index contributed by atoms with van der Waals surface area (Å²) in [6, 6.07) is 14.7. The largest absolute Gasteiger partial charge is 0.390 e. The molecule has 0 saturated carbocycles. The van der Waals surface area contributed by atoms with Crippen LogP contribution in [0.2, 0.25) is 0 Å². The maximum absolute atomic E-state index is 13.4. The second-order valence-electron chi connectivity index (χ2n) is 9.52. The Labute approximate surface area is 196 Å². The van der Waals surface area contributed by atoms with Crippen molar-refractivity contribution in [2.24, 2.45) is 0 Å². The van der Waals surface area contributed by atoms with Crippen LogP contribution >= 0.6 is 0 Å². The molecule has 2 N–H and O–H groups in total. The lowest BCUT2D eigenvalue weighted by Gasteiger charge is -2.32. The van der Waals surface area contributed by atoms with Crippen molar-refractivity contribution in [1.82, 2.24) is 15.1 Å². The number of likely N-dealkylation sites (N-methyl/N-ethyl adjacent to an activating group) is 1. The zero-order valence-corrected chi connectivity index (χ0v) is 19.5. The molecule has 1 saturated heterocycles. The molecule has 3 heterocycles. The number of carbonyl (C=O) groups is 1. The number of nitrogens with zero attached hydrogens (tertiary/aromatic N) is 4. The Morgan fingerprint density at radius 1 is 0.970 bits per heavy atom. The monoisotopic (exact) mass is 449 g/mol. The number of hydrogen-bond acceptors (Lipinski definition) is 6. The zero-order valence-electron chi connectivity index (χ0n) is 19.5. The van der Waals surface area contributed by atoms with Gasteiger partial charge >= 0.3 is 0 Å². The molecule has 176 valence electrons. The number of aliphatic hydroxyl groups is 1. The van der Waals surface area contributed by atoms with E-state index < -0.39 is 6.10 Å². The van der Waals surface area contributed by atoms with Gasteiger partial charge in [-0.25, -0.2) is 0 Å². The molecule has 5 rings (SSSR count). The van der Waals surface area contributed by atoms with Gasteiger partial charge in [-0.15, -0.1) is 0 Å². The number of carbonyl (C=O) groups excluding carboxylic acids is 1. The second kappa shape index (κ2) is 9.71. The summed E-state index contributed by atoms with van der Waals surface area (Å²) in [5.74, 6) is 0.0178. The molecular weight excluding hydrogens is 414 g/mol. The molecule has 7 nitrogen and oxygen atoms in total. The van der Waals surface area contributed by atoms with Crippen LogP contribution in [0.25, 0.3) is 0 Å². The maximum Gasteiger partial charge on any atom is 0.256 e. The van der Waals surface area contributed by atoms with Gasteiger partial charge in [-0.1, -0.05) is 24.3 Å². The summed E-state index contributed by atoms with van der Waals surface area (Å²) in [4.78, 5) is 22.1. The number of hydrogen-bond donors (Lipinski definition) is 2. The standard InChI is InChI=1S/C26H35N5O2/c1-28-14-15-31(19-23(32)18-29-11-8-20-4-2-3-5-21(20)17-29)26(33)24-7-6-22(16-25(24)28)30-12-9-27-10-13-30/h2-7,16,23,27,32H,8-15,17-19H2,1H3/t23-/m1/s1. The number of anilines is 2. The van der Waals surface area contributed by atoms with Crippen LogP contribution in [0.4, 0.5) is 11.4 Å². The summed E-state index contributed by atoms with van der Waals surface area (Å²) in [6.45, 7) is 8.07. The number of fused-ring (bicyclic) bond motifs is 2. The zero-order chi connectivity index (χ0) is 22.8. The molecule has 0 spiro atoms. The van der Waals surface area contributed by atoms with E-state index in [2.05, 4.69) is 63.5 Å². The fraction of sp³-hybridized carbons (Fsp3) is 0.500. The Hall–Kier alpha value is -2.61. The number of rotatable bonds is 5. The van der Waals surface area contributed by atoms with Gasteiger partial charge in [0.25, 0.3) is 5.91 Å². The third-order valence-electron chi connectivity index (χ3n) is 7.21. The fourth-order valence-corrected chi connectivity index (χ4v) is 5.29. The van der Waals surface area contributed by atoms with Crippen LogP contribution in [0.1, 0.15) is 21.5 Å². The molecule has 2 aromatic rings. The minimum atomic E-state index is -0.564. The van der Waals surface area contributed by atoms with E-state index in [-0.39, 0.29) is 5.91 Å². The highest BCUT2D eigenvalue weighted by atomic mass is 16.3. The number of piperazine rings is 1. The van der Waals surface area contributed by atoms with E-state index in [1.54, 1.807) is 0 Å². The summed E-state index contributed by atoms with van der Waals surface area (Å²) in [5.41, 5.74) is 5.64. The molecule has 0 aliphatic carbocycles. The van der Waals surface area contributed by atoms with Crippen molar-refractivity contribution >= 4 is 17.3 Å². The molecule has 0 radical (unpaired) electrons. The van der Waals surface area contributed by atoms with Gasteiger partial charge in [0.15, 0.2) is 0 Å². The summed E-state index contributed by atoms with van der Waals surface area (Å²) in [5, 5.41) is 14.3. The van der Waals surface area contributed by atoms with Crippen molar-refractivity contribution in [3.05, 3.63) is 59.2 Å². The van der Waals surface area contributed by atoms with E-state index in [0.717, 1.165) is 63.5 Å². The smallest absolute Gasteiger partial charge is 0.256 e. The predicted octanol–water partition coefficient (Wildman–Crippen LogP) is 1.41. The quantitative estimate of drug-likeness (QED) is 0.720. The number of amides is 1. The predicted molar refractivity (Wildman–Crippen MR) is 132 cm³/mol. The summed E-state index contributed by atoms with van der Waals surface area (Å²) in [7, 11) is 2.05. The Morgan fingerprint density at radius 3 is 2.58 bits per heavy atom. The first-order valence-corrected chi connectivity index (χ1v) is 12.2. The maximum atomic E-state index is 13.4. The van der Waals surface area contributed by atoms with Crippen LogP contribution in [0.15, 0.2) is 42.5 Å². The highest BCUT2D eigenvalue weighted by Gasteiger charge is 2.28. The Balaban J connectivity index is 1.25. The van der Waals surface area contributed by atoms with Crippen molar-refractivity contribution in [3.63, 3.8) is 0 Å². The van der Waals surface area contributed by atoms with Crippen LogP contribution in [-0.2, 0) is 13.0 Å². The summed E-state index contributed by atoms with van der Waals surface area (Å²) >= 11 is 0. The second-order valence-corrected chi connectivity index (χ2v) is 9.52. The van der Waals surface area contributed by atoms with Gasteiger partial charge in [0.2, 0.25) is 0 Å². The lowest BCUT2D eigenvalue weighted by molar-refractivity contribution is 0.0521. The van der Waals surface area contributed by atoms with Crippen molar-refractivity contribution in [1.29, 1.82) is 0 Å². The van der Waals surface area contributed by atoms with E-state index in [1.807, 2.05) is 11.0 Å². The highest BCUT2D eigenvalue weighted by molar-refractivity contribution is 6.01. The van der Waals surface area contributed by atoms with Crippen molar-refractivity contribution in [2.45, 2.75) is 19.1 Å². The van der Waals surface area contributed by atoms with Crippen molar-refractivity contribution in [3.8, 4) is 0 Å². The van der Waals surface area contributed by atoms with E-state index in [4.69, 9.17) is 0 Å². The first-order chi connectivity index (χ1) is 16.1.